The van der Waals surface area contributed by atoms with Crippen molar-refractivity contribution < 1.29 is 4.74 Å². The van der Waals surface area contributed by atoms with Crippen LogP contribution < -0.4 is 10.1 Å². The largest absolute Gasteiger partial charge is 0.489 e. The maximum atomic E-state index is 6.19. The molecule has 0 spiro atoms. The van der Waals surface area contributed by atoms with Crippen LogP contribution in [-0.2, 0) is 0 Å². The topological polar surface area (TPSA) is 117 Å². The highest BCUT2D eigenvalue weighted by molar-refractivity contribution is 7.08. The summed E-state index contributed by atoms with van der Waals surface area (Å²) in [6.45, 7) is 1.96. The highest BCUT2D eigenvalue weighted by Crippen LogP contribution is 2.32. The number of nitrogens with one attached hydrogen (secondary N) is 3. The lowest BCUT2D eigenvalue weighted by Gasteiger charge is -2.23. The number of piperidine rings is 1. The van der Waals surface area contributed by atoms with Crippen LogP contribution in [0.15, 0.2) is 59.8 Å². The van der Waals surface area contributed by atoms with E-state index in [9.17, 15) is 0 Å². The predicted molar refractivity (Wildman–Crippen MR) is 140 cm³/mol. The van der Waals surface area contributed by atoms with E-state index in [4.69, 9.17) is 9.72 Å². The van der Waals surface area contributed by atoms with Gasteiger partial charge in [0.25, 0.3) is 0 Å². The third kappa shape index (κ3) is 3.80. The van der Waals surface area contributed by atoms with Crippen molar-refractivity contribution in [2.45, 2.75) is 18.9 Å². The summed E-state index contributed by atoms with van der Waals surface area (Å²) in [6, 6.07) is 8.01. The van der Waals surface area contributed by atoms with E-state index in [0.717, 1.165) is 81.8 Å². The van der Waals surface area contributed by atoms with Crippen molar-refractivity contribution in [1.29, 1.82) is 0 Å². The van der Waals surface area contributed by atoms with E-state index in [-0.39, 0.29) is 6.10 Å². The number of fused-ring (bicyclic) bond motifs is 2. The minimum absolute atomic E-state index is 0.209. The van der Waals surface area contributed by atoms with Crippen molar-refractivity contribution in [1.82, 2.24) is 40.4 Å². The fraction of sp³-hybridized carbons (Fsp3) is 0.192. The molecule has 0 saturated carbocycles. The van der Waals surface area contributed by atoms with Gasteiger partial charge in [-0.15, -0.1) is 0 Å². The molecule has 0 amide bonds. The fourth-order valence-electron chi connectivity index (χ4n) is 4.64. The standard InChI is InChI=1S/C26H22N8OS/c1-5-27-6-2-17(1)35-18-9-16(11-28-12-18)21-10-19-22(13-30-21)33-34-24(19)26-31-20-3-7-29-23(25(20)32-26)15-4-8-36-14-15/h3-4,7-14,17,27H,1-2,5-6H2,(H,31,32)(H,33,34). The number of hydrogen-bond donors (Lipinski definition) is 3. The number of pyridine rings is 3. The Kier molecular flexibility index (Phi) is 5.18. The molecule has 1 aliphatic heterocycles. The van der Waals surface area contributed by atoms with E-state index >= 15 is 0 Å². The quantitative estimate of drug-likeness (QED) is 0.315. The van der Waals surface area contributed by atoms with Gasteiger partial charge in [-0.3, -0.25) is 20.1 Å². The molecule has 36 heavy (non-hydrogen) atoms. The van der Waals surface area contributed by atoms with Crippen LogP contribution in [0.5, 0.6) is 5.75 Å². The third-order valence-corrected chi connectivity index (χ3v) is 7.15. The summed E-state index contributed by atoms with van der Waals surface area (Å²) in [5, 5.41) is 16.1. The average Bonchev–Trinajstić information content (AvgIpc) is 3.68. The van der Waals surface area contributed by atoms with Crippen molar-refractivity contribution in [2.24, 2.45) is 0 Å². The molecule has 0 atom stereocenters. The first-order valence-corrected chi connectivity index (χ1v) is 12.8. The Morgan fingerprint density at radius 1 is 0.944 bits per heavy atom. The van der Waals surface area contributed by atoms with E-state index in [1.54, 1.807) is 29.9 Å². The van der Waals surface area contributed by atoms with Gasteiger partial charge in [0.1, 0.15) is 23.1 Å². The van der Waals surface area contributed by atoms with Gasteiger partial charge >= 0.3 is 0 Å². The van der Waals surface area contributed by atoms with Crippen LogP contribution in [0.4, 0.5) is 0 Å². The van der Waals surface area contributed by atoms with Crippen molar-refractivity contribution >= 4 is 33.3 Å². The maximum absolute atomic E-state index is 6.19. The van der Waals surface area contributed by atoms with Crippen molar-refractivity contribution in [3.63, 3.8) is 0 Å². The number of hydrogen-bond acceptors (Lipinski definition) is 8. The lowest BCUT2D eigenvalue weighted by Crippen LogP contribution is -2.34. The third-order valence-electron chi connectivity index (χ3n) is 6.46. The first-order chi connectivity index (χ1) is 17.8. The molecule has 1 fully saturated rings. The molecular weight excluding hydrogens is 472 g/mol. The van der Waals surface area contributed by atoms with E-state index in [1.807, 2.05) is 29.8 Å². The van der Waals surface area contributed by atoms with E-state index in [2.05, 4.69) is 46.9 Å². The van der Waals surface area contributed by atoms with Gasteiger partial charge in [-0.2, -0.15) is 16.4 Å². The summed E-state index contributed by atoms with van der Waals surface area (Å²) in [6.07, 6.45) is 9.36. The van der Waals surface area contributed by atoms with Gasteiger partial charge in [-0.25, -0.2) is 4.98 Å². The summed E-state index contributed by atoms with van der Waals surface area (Å²) in [7, 11) is 0. The van der Waals surface area contributed by atoms with E-state index in [0.29, 0.717) is 5.82 Å². The molecule has 6 aromatic rings. The van der Waals surface area contributed by atoms with Crippen LogP contribution in [0.2, 0.25) is 0 Å². The fourth-order valence-corrected chi connectivity index (χ4v) is 5.28. The van der Waals surface area contributed by atoms with Crippen molar-refractivity contribution in [3.8, 4) is 39.8 Å². The van der Waals surface area contributed by atoms with E-state index < -0.39 is 0 Å². The number of thiophene rings is 1. The maximum Gasteiger partial charge on any atom is 0.159 e. The van der Waals surface area contributed by atoms with Crippen LogP contribution in [0.25, 0.3) is 56.0 Å². The molecule has 0 aliphatic carbocycles. The number of rotatable bonds is 5. The van der Waals surface area contributed by atoms with Gasteiger partial charge in [-0.05, 0) is 55.6 Å². The van der Waals surface area contributed by atoms with Crippen LogP contribution in [-0.4, -0.2) is 54.3 Å². The Morgan fingerprint density at radius 3 is 2.78 bits per heavy atom. The summed E-state index contributed by atoms with van der Waals surface area (Å²) >= 11 is 1.64. The number of ether oxygens (including phenoxy) is 1. The second-order valence-electron chi connectivity index (χ2n) is 8.82. The SMILES string of the molecule is c1cc2[nH]c(-c3n[nH]c4cnc(-c5cncc(OC6CCNCC6)c5)cc34)nc2c(-c2ccsc2)n1. The van der Waals surface area contributed by atoms with Crippen LogP contribution in [0, 0.1) is 0 Å². The molecule has 1 saturated heterocycles. The summed E-state index contributed by atoms with van der Waals surface area (Å²) in [5.41, 5.74) is 6.91. The second-order valence-corrected chi connectivity index (χ2v) is 9.60. The number of nitrogens with zero attached hydrogens (tertiary/aromatic N) is 5. The zero-order chi connectivity index (χ0) is 23.9. The molecule has 6 aromatic heterocycles. The molecule has 0 unspecified atom stereocenters. The Bertz CT molecular complexity index is 1670. The van der Waals surface area contributed by atoms with Crippen molar-refractivity contribution in [3.05, 3.63) is 59.8 Å². The van der Waals surface area contributed by atoms with Crippen LogP contribution in [0.1, 0.15) is 12.8 Å². The molecule has 7 rings (SSSR count). The minimum Gasteiger partial charge on any atom is -0.489 e. The van der Waals surface area contributed by atoms with Gasteiger partial charge in [0, 0.05) is 34.3 Å². The van der Waals surface area contributed by atoms with Gasteiger partial charge in [-0.1, -0.05) is 0 Å². The lowest BCUT2D eigenvalue weighted by atomic mass is 10.1. The highest BCUT2D eigenvalue weighted by atomic mass is 32.1. The summed E-state index contributed by atoms with van der Waals surface area (Å²) < 4.78 is 6.19. The van der Waals surface area contributed by atoms with Gasteiger partial charge < -0.3 is 15.0 Å². The molecule has 0 aromatic carbocycles. The summed E-state index contributed by atoms with van der Waals surface area (Å²) in [5.74, 6) is 1.44. The molecule has 3 N–H and O–H groups in total. The molecule has 9 nitrogen and oxygen atoms in total. The molecule has 0 radical (unpaired) electrons. The Hall–Kier alpha value is -4.15. The van der Waals surface area contributed by atoms with Gasteiger partial charge in [0.2, 0.25) is 0 Å². The van der Waals surface area contributed by atoms with E-state index in [1.165, 1.54) is 0 Å². The monoisotopic (exact) mass is 494 g/mol. The second kappa shape index (κ2) is 8.81. The molecule has 10 heteroatoms. The molecule has 178 valence electrons. The minimum atomic E-state index is 0.209. The Labute approximate surface area is 210 Å². The molecule has 1 aliphatic rings. The number of aromatic nitrogens is 7. The van der Waals surface area contributed by atoms with Crippen LogP contribution >= 0.6 is 11.3 Å². The van der Waals surface area contributed by atoms with Crippen molar-refractivity contribution in [2.75, 3.05) is 13.1 Å². The molecule has 0 bridgehead atoms. The normalized spacial score (nSPS) is 14.6. The number of H-pyrrole nitrogens is 2. The first-order valence-electron chi connectivity index (χ1n) is 11.9. The van der Waals surface area contributed by atoms with Crippen LogP contribution in [0.3, 0.4) is 0 Å². The average molecular weight is 495 g/mol. The zero-order valence-electron chi connectivity index (χ0n) is 19.2. The van der Waals surface area contributed by atoms with Gasteiger partial charge in [0.15, 0.2) is 5.82 Å². The smallest absolute Gasteiger partial charge is 0.159 e. The summed E-state index contributed by atoms with van der Waals surface area (Å²) in [4.78, 5) is 21.9. The molecular formula is C26H22N8OS. The zero-order valence-corrected chi connectivity index (χ0v) is 20.0. The Balaban J connectivity index is 1.26. The lowest BCUT2D eigenvalue weighted by molar-refractivity contribution is 0.162. The number of imidazole rings is 1. The predicted octanol–water partition coefficient (Wildman–Crippen LogP) is 4.82. The highest BCUT2D eigenvalue weighted by Gasteiger charge is 2.18. The number of aromatic amines is 2. The first kappa shape index (κ1) is 21.2. The van der Waals surface area contributed by atoms with Gasteiger partial charge in [0.05, 0.1) is 34.8 Å². The Morgan fingerprint density at radius 2 is 1.89 bits per heavy atom. The molecule has 7 heterocycles.